The lowest BCUT2D eigenvalue weighted by Crippen LogP contribution is -2.43. The van der Waals surface area contributed by atoms with Crippen LogP contribution in [0.25, 0.3) is 0 Å². The summed E-state index contributed by atoms with van der Waals surface area (Å²) in [6.45, 7) is 10.9. The van der Waals surface area contributed by atoms with Crippen molar-refractivity contribution in [3.63, 3.8) is 0 Å². The highest BCUT2D eigenvalue weighted by atomic mass is 28.4. The third-order valence-corrected chi connectivity index (χ3v) is 8.77. The fourth-order valence-corrected chi connectivity index (χ4v) is 3.20. The van der Waals surface area contributed by atoms with Crippen LogP contribution in [0.4, 0.5) is 0 Å². The molecule has 0 saturated carbocycles. The molecule has 3 nitrogen and oxygen atoms in total. The highest BCUT2D eigenvalue weighted by Gasteiger charge is 2.38. The predicted molar refractivity (Wildman–Crippen MR) is 93.6 cm³/mol. The topological polar surface area (TPSA) is 46.5 Å². The zero-order chi connectivity index (χ0) is 16.8. The summed E-state index contributed by atoms with van der Waals surface area (Å²) in [5, 5.41) is 8.98. The Morgan fingerprint density at radius 2 is 1.86 bits per heavy atom. The summed E-state index contributed by atoms with van der Waals surface area (Å²) < 4.78 is 6.36. The fraction of sp³-hybridized carbons (Fsp3) is 0.500. The van der Waals surface area contributed by atoms with Crippen LogP contribution >= 0.6 is 0 Å². The molecule has 0 fully saturated rings. The van der Waals surface area contributed by atoms with Crippen LogP contribution < -0.4 is 0 Å². The average Bonchev–Trinajstić information content (AvgIpc) is 2.41. The molecule has 0 bridgehead atoms. The third-order valence-electron chi connectivity index (χ3n) is 4.27. The van der Waals surface area contributed by atoms with Crippen molar-refractivity contribution in [3.8, 4) is 0 Å². The monoisotopic (exact) mass is 320 g/mol. The first-order chi connectivity index (χ1) is 10.1. The quantitative estimate of drug-likeness (QED) is 0.587. The summed E-state index contributed by atoms with van der Waals surface area (Å²) in [5.74, 6) is -0.927. The molecular formula is C18H28O3Si. The van der Waals surface area contributed by atoms with E-state index in [9.17, 15) is 4.79 Å². The number of carbonyl (C=O) groups is 1. The van der Waals surface area contributed by atoms with Gasteiger partial charge in [-0.3, -0.25) is 0 Å². The minimum absolute atomic E-state index is 0.106. The summed E-state index contributed by atoms with van der Waals surface area (Å²) in [7, 11) is -1.92. The maximum atomic E-state index is 10.8. The summed E-state index contributed by atoms with van der Waals surface area (Å²) in [5.41, 5.74) is 1.25. The van der Waals surface area contributed by atoms with Crippen molar-refractivity contribution < 1.29 is 14.3 Å². The van der Waals surface area contributed by atoms with Crippen molar-refractivity contribution in [2.24, 2.45) is 0 Å². The molecule has 4 heteroatoms. The van der Waals surface area contributed by atoms with E-state index in [2.05, 4.69) is 46.0 Å². The highest BCUT2D eigenvalue weighted by molar-refractivity contribution is 6.74. The molecule has 1 unspecified atom stereocenters. The van der Waals surface area contributed by atoms with E-state index in [4.69, 9.17) is 9.53 Å². The molecule has 0 spiro atoms. The number of aliphatic carboxylic acids is 1. The summed E-state index contributed by atoms with van der Waals surface area (Å²) in [6, 6.07) is 10.2. The number of carboxylic acid groups (broad SMARTS) is 1. The van der Waals surface area contributed by atoms with E-state index in [0.29, 0.717) is 0 Å². The van der Waals surface area contributed by atoms with Gasteiger partial charge < -0.3 is 9.53 Å². The molecule has 0 saturated heterocycles. The largest absolute Gasteiger partial charge is 0.478 e. The lowest BCUT2D eigenvalue weighted by Gasteiger charge is -2.38. The van der Waals surface area contributed by atoms with Crippen molar-refractivity contribution in [3.05, 3.63) is 48.0 Å². The Hall–Kier alpha value is -1.39. The molecule has 1 atom stereocenters. The van der Waals surface area contributed by atoms with Crippen molar-refractivity contribution in [1.82, 2.24) is 0 Å². The van der Waals surface area contributed by atoms with Gasteiger partial charge in [0.25, 0.3) is 0 Å². The van der Waals surface area contributed by atoms with Crippen molar-refractivity contribution in [2.45, 2.75) is 57.8 Å². The van der Waals surface area contributed by atoms with Gasteiger partial charge in [-0.05, 0) is 42.6 Å². The first-order valence-electron chi connectivity index (χ1n) is 7.75. The van der Waals surface area contributed by atoms with E-state index in [1.807, 2.05) is 18.2 Å². The summed E-state index contributed by atoms with van der Waals surface area (Å²) >= 11 is 0. The standard InChI is InChI=1S/C18H28O3Si/c1-18(2,3)22(4,5)21-16(13-14-17(19)20)12-11-15-9-7-6-8-10-15/h6-10,13-14,16H,11-12H2,1-5H3,(H,19,20). The summed E-state index contributed by atoms with van der Waals surface area (Å²) in [6.07, 6.45) is 4.40. The summed E-state index contributed by atoms with van der Waals surface area (Å²) in [4.78, 5) is 10.8. The van der Waals surface area contributed by atoms with Crippen LogP contribution in [-0.2, 0) is 15.6 Å². The van der Waals surface area contributed by atoms with Gasteiger partial charge in [0.1, 0.15) is 0 Å². The van der Waals surface area contributed by atoms with Crippen LogP contribution in [0.1, 0.15) is 32.8 Å². The maximum absolute atomic E-state index is 10.8. The number of carboxylic acids is 1. The van der Waals surface area contributed by atoms with E-state index in [-0.39, 0.29) is 11.1 Å². The van der Waals surface area contributed by atoms with Gasteiger partial charge in [-0.2, -0.15) is 0 Å². The van der Waals surface area contributed by atoms with Crippen LogP contribution in [0.15, 0.2) is 42.5 Å². The van der Waals surface area contributed by atoms with E-state index in [1.54, 1.807) is 6.08 Å². The molecule has 0 aliphatic carbocycles. The van der Waals surface area contributed by atoms with E-state index in [0.717, 1.165) is 12.8 Å². The van der Waals surface area contributed by atoms with Crippen molar-refractivity contribution in [1.29, 1.82) is 0 Å². The second-order valence-corrected chi connectivity index (χ2v) is 11.9. The molecule has 1 aromatic carbocycles. The average molecular weight is 321 g/mol. The second-order valence-electron chi connectivity index (χ2n) is 7.14. The molecule has 1 rings (SSSR count). The first kappa shape index (κ1) is 18.7. The van der Waals surface area contributed by atoms with Crippen LogP contribution in [0, 0.1) is 0 Å². The molecule has 122 valence electrons. The van der Waals surface area contributed by atoms with Gasteiger partial charge in [0, 0.05) is 6.08 Å². The molecule has 0 aliphatic rings. The van der Waals surface area contributed by atoms with Gasteiger partial charge in [0.05, 0.1) is 6.10 Å². The SMILES string of the molecule is CC(C)(C)[Si](C)(C)OC(C=CC(=O)O)CCc1ccccc1. The van der Waals surface area contributed by atoms with Crippen LogP contribution in [0.5, 0.6) is 0 Å². The Kier molecular flexibility index (Phi) is 6.57. The van der Waals surface area contributed by atoms with Gasteiger partial charge in [0.15, 0.2) is 8.32 Å². The first-order valence-corrected chi connectivity index (χ1v) is 10.7. The Bertz CT molecular complexity index is 501. The highest BCUT2D eigenvalue weighted by Crippen LogP contribution is 2.37. The molecule has 0 radical (unpaired) electrons. The fourth-order valence-electron chi connectivity index (χ4n) is 1.89. The molecule has 0 aromatic heterocycles. The Morgan fingerprint density at radius 1 is 1.27 bits per heavy atom. The van der Waals surface area contributed by atoms with Crippen LogP contribution in [0.3, 0.4) is 0 Å². The molecule has 1 aromatic rings. The second kappa shape index (κ2) is 7.74. The molecular weight excluding hydrogens is 292 g/mol. The normalized spacial score (nSPS) is 14.2. The minimum atomic E-state index is -1.92. The van der Waals surface area contributed by atoms with Crippen molar-refractivity contribution >= 4 is 14.3 Å². The minimum Gasteiger partial charge on any atom is -0.478 e. The number of benzene rings is 1. The van der Waals surface area contributed by atoms with Gasteiger partial charge in [-0.25, -0.2) is 4.79 Å². The van der Waals surface area contributed by atoms with Gasteiger partial charge in [-0.1, -0.05) is 51.1 Å². The van der Waals surface area contributed by atoms with Gasteiger partial charge in [0.2, 0.25) is 0 Å². The molecule has 0 aliphatic heterocycles. The molecule has 22 heavy (non-hydrogen) atoms. The van der Waals surface area contributed by atoms with Crippen LogP contribution in [-0.4, -0.2) is 25.5 Å². The van der Waals surface area contributed by atoms with Crippen LogP contribution in [0.2, 0.25) is 18.1 Å². The number of rotatable bonds is 7. The van der Waals surface area contributed by atoms with E-state index in [1.165, 1.54) is 11.6 Å². The Labute approximate surface area is 135 Å². The molecule has 1 N–H and O–H groups in total. The van der Waals surface area contributed by atoms with Crippen molar-refractivity contribution in [2.75, 3.05) is 0 Å². The van der Waals surface area contributed by atoms with Gasteiger partial charge >= 0.3 is 5.97 Å². The lowest BCUT2D eigenvalue weighted by atomic mass is 10.1. The third kappa shape index (κ3) is 6.16. The van der Waals surface area contributed by atoms with Gasteiger partial charge in [-0.15, -0.1) is 0 Å². The smallest absolute Gasteiger partial charge is 0.328 e. The predicted octanol–water partition coefficient (Wildman–Crippen LogP) is 4.65. The van der Waals surface area contributed by atoms with E-state index < -0.39 is 14.3 Å². The lowest BCUT2D eigenvalue weighted by molar-refractivity contribution is -0.131. The number of hydrogen-bond acceptors (Lipinski definition) is 2. The number of hydrogen-bond donors (Lipinski definition) is 1. The maximum Gasteiger partial charge on any atom is 0.328 e. The number of aryl methyl sites for hydroxylation is 1. The Morgan fingerprint density at radius 3 is 2.36 bits per heavy atom. The molecule has 0 heterocycles. The zero-order valence-electron chi connectivity index (χ0n) is 14.3. The molecule has 0 amide bonds. The Balaban J connectivity index is 2.78. The van der Waals surface area contributed by atoms with E-state index >= 15 is 0 Å². The zero-order valence-corrected chi connectivity index (χ0v) is 15.3.